The van der Waals surface area contributed by atoms with Crippen molar-refractivity contribution in [1.29, 1.82) is 5.26 Å². The lowest BCUT2D eigenvalue weighted by Crippen LogP contribution is -2.09. The normalized spacial score (nSPS) is 10.9. The van der Waals surface area contributed by atoms with E-state index in [1.54, 1.807) is 24.3 Å². The van der Waals surface area contributed by atoms with Gasteiger partial charge in [-0.25, -0.2) is 4.39 Å². The monoisotopic (exact) mass is 376 g/mol. The van der Waals surface area contributed by atoms with Crippen LogP contribution in [0.15, 0.2) is 42.0 Å². The molecule has 0 saturated carbocycles. The largest absolute Gasteiger partial charge is 0.493 e. The number of nitrogens with two attached hydrogens (primary N) is 1. The summed E-state index contributed by atoms with van der Waals surface area (Å²) in [4.78, 5) is -0.000995. The summed E-state index contributed by atoms with van der Waals surface area (Å²) in [6.07, 6.45) is 1.53. The van der Waals surface area contributed by atoms with Crippen LogP contribution in [0, 0.1) is 17.1 Å². The second-order valence-electron chi connectivity index (χ2n) is 4.93. The summed E-state index contributed by atoms with van der Waals surface area (Å²) < 4.78 is 24.8. The first-order valence-corrected chi connectivity index (χ1v) is 7.90. The van der Waals surface area contributed by atoms with Crippen LogP contribution in [0.25, 0.3) is 6.08 Å². The minimum Gasteiger partial charge on any atom is -0.493 e. The molecule has 0 aliphatic rings. The third kappa shape index (κ3) is 4.69. The second kappa shape index (κ2) is 8.47. The molecule has 0 fully saturated rings. The van der Waals surface area contributed by atoms with Gasteiger partial charge in [-0.1, -0.05) is 36.0 Å². The lowest BCUT2D eigenvalue weighted by molar-refractivity contribution is 0.280. The average Bonchev–Trinajstić information content (AvgIpc) is 2.59. The van der Waals surface area contributed by atoms with Crippen molar-refractivity contribution in [3.63, 3.8) is 0 Å². The van der Waals surface area contributed by atoms with Gasteiger partial charge in [0.1, 0.15) is 23.5 Å². The molecule has 2 aromatic carbocycles. The van der Waals surface area contributed by atoms with E-state index in [9.17, 15) is 4.39 Å². The van der Waals surface area contributed by atoms with Crippen LogP contribution in [0.4, 0.5) is 4.39 Å². The molecule has 25 heavy (non-hydrogen) atoms. The predicted molar refractivity (Wildman–Crippen MR) is 99.1 cm³/mol. The number of ether oxygens (including phenoxy) is 2. The summed E-state index contributed by atoms with van der Waals surface area (Å²) in [5.74, 6) is 0.372. The summed E-state index contributed by atoms with van der Waals surface area (Å²) in [7, 11) is 1.49. The molecule has 0 unspecified atom stereocenters. The van der Waals surface area contributed by atoms with E-state index in [0.29, 0.717) is 17.1 Å². The summed E-state index contributed by atoms with van der Waals surface area (Å²) in [5, 5.41) is 9.32. The summed E-state index contributed by atoms with van der Waals surface area (Å²) in [6.45, 7) is -0.0740. The van der Waals surface area contributed by atoms with Gasteiger partial charge in [0.25, 0.3) is 0 Å². The zero-order valence-electron chi connectivity index (χ0n) is 13.3. The van der Waals surface area contributed by atoms with Gasteiger partial charge in [-0.2, -0.15) is 5.26 Å². The van der Waals surface area contributed by atoms with E-state index in [-0.39, 0.29) is 27.8 Å². The van der Waals surface area contributed by atoms with Gasteiger partial charge in [-0.05, 0) is 35.9 Å². The minimum absolute atomic E-state index is 0.000995. The van der Waals surface area contributed by atoms with E-state index < -0.39 is 5.82 Å². The van der Waals surface area contributed by atoms with Crippen LogP contribution in [0.2, 0.25) is 5.02 Å². The number of thiocarbonyl (C=S) groups is 1. The van der Waals surface area contributed by atoms with E-state index in [1.807, 2.05) is 6.07 Å². The molecular formula is C18H14ClFN2O2S. The SMILES string of the molecule is COc1ccc(C=C(C#N)C(N)=S)cc1OCc1c(F)cccc1Cl. The molecule has 0 saturated heterocycles. The Bertz CT molecular complexity index is 858. The van der Waals surface area contributed by atoms with Crippen molar-refractivity contribution in [2.75, 3.05) is 7.11 Å². The Morgan fingerprint density at radius 1 is 1.36 bits per heavy atom. The molecule has 0 amide bonds. The fraction of sp³-hybridized carbons (Fsp3) is 0.111. The Balaban J connectivity index is 2.32. The number of hydrogen-bond acceptors (Lipinski definition) is 4. The van der Waals surface area contributed by atoms with Crippen LogP contribution >= 0.6 is 23.8 Å². The number of nitriles is 1. The molecule has 0 heterocycles. The number of hydrogen-bond donors (Lipinski definition) is 1. The summed E-state index contributed by atoms with van der Waals surface area (Å²) in [6, 6.07) is 11.4. The molecular weight excluding hydrogens is 363 g/mol. The molecule has 0 aromatic heterocycles. The third-order valence-corrected chi connectivity index (χ3v) is 3.89. The molecule has 2 N–H and O–H groups in total. The first-order valence-electron chi connectivity index (χ1n) is 7.11. The topological polar surface area (TPSA) is 68.3 Å². The maximum atomic E-state index is 13.9. The number of nitrogens with zero attached hydrogens (tertiary/aromatic N) is 1. The van der Waals surface area contributed by atoms with Crippen molar-refractivity contribution in [2.24, 2.45) is 5.73 Å². The molecule has 2 aromatic rings. The Morgan fingerprint density at radius 3 is 2.72 bits per heavy atom. The van der Waals surface area contributed by atoms with Crippen molar-refractivity contribution < 1.29 is 13.9 Å². The fourth-order valence-electron chi connectivity index (χ4n) is 2.04. The molecule has 128 valence electrons. The molecule has 0 atom stereocenters. The highest BCUT2D eigenvalue weighted by atomic mass is 35.5. The van der Waals surface area contributed by atoms with Crippen molar-refractivity contribution in [1.82, 2.24) is 0 Å². The molecule has 7 heteroatoms. The van der Waals surface area contributed by atoms with Crippen molar-refractivity contribution in [3.8, 4) is 17.6 Å². The zero-order valence-corrected chi connectivity index (χ0v) is 14.8. The van der Waals surface area contributed by atoms with Crippen LogP contribution in [-0.2, 0) is 6.61 Å². The van der Waals surface area contributed by atoms with Crippen LogP contribution in [0.1, 0.15) is 11.1 Å². The van der Waals surface area contributed by atoms with E-state index in [2.05, 4.69) is 0 Å². The maximum Gasteiger partial charge on any atom is 0.162 e. The third-order valence-electron chi connectivity index (χ3n) is 3.32. The van der Waals surface area contributed by atoms with Crippen LogP contribution in [0.3, 0.4) is 0 Å². The highest BCUT2D eigenvalue weighted by Gasteiger charge is 2.11. The molecule has 0 aliphatic heterocycles. The zero-order chi connectivity index (χ0) is 18.4. The van der Waals surface area contributed by atoms with Crippen molar-refractivity contribution in [2.45, 2.75) is 6.61 Å². The van der Waals surface area contributed by atoms with Crippen LogP contribution in [0.5, 0.6) is 11.5 Å². The minimum atomic E-state index is -0.456. The molecule has 4 nitrogen and oxygen atoms in total. The Morgan fingerprint density at radius 2 is 2.12 bits per heavy atom. The fourth-order valence-corrected chi connectivity index (χ4v) is 2.36. The van der Waals surface area contributed by atoms with Crippen molar-refractivity contribution >= 4 is 34.9 Å². The van der Waals surface area contributed by atoms with Gasteiger partial charge in [0.2, 0.25) is 0 Å². The standard InChI is InChI=1S/C18H14ClFN2O2S/c1-23-16-6-5-11(7-12(9-21)18(22)25)8-17(16)24-10-13-14(19)3-2-4-15(13)20/h2-8H,10H2,1H3,(H2,22,25). The number of benzene rings is 2. The van der Waals surface area contributed by atoms with Gasteiger partial charge in [0.05, 0.1) is 17.7 Å². The van der Waals surface area contributed by atoms with E-state index >= 15 is 0 Å². The smallest absolute Gasteiger partial charge is 0.162 e. The Labute approximate surface area is 155 Å². The van der Waals surface area contributed by atoms with Gasteiger partial charge in [-0.3, -0.25) is 0 Å². The van der Waals surface area contributed by atoms with Gasteiger partial charge >= 0.3 is 0 Å². The molecule has 0 radical (unpaired) electrons. The van der Waals surface area contributed by atoms with E-state index in [1.165, 1.54) is 25.3 Å². The predicted octanol–water partition coefficient (Wildman–Crippen LogP) is 4.26. The van der Waals surface area contributed by atoms with Gasteiger partial charge < -0.3 is 15.2 Å². The number of rotatable bonds is 6. The number of methoxy groups -OCH3 is 1. The first-order chi connectivity index (χ1) is 12.0. The van der Waals surface area contributed by atoms with Crippen molar-refractivity contribution in [3.05, 3.63) is 63.9 Å². The first kappa shape index (κ1) is 18.7. The molecule has 2 rings (SSSR count). The number of halogens is 2. The van der Waals surface area contributed by atoms with Gasteiger partial charge in [0.15, 0.2) is 11.5 Å². The molecule has 0 bridgehead atoms. The molecule has 0 aliphatic carbocycles. The lowest BCUT2D eigenvalue weighted by atomic mass is 10.1. The Hall–Kier alpha value is -2.62. The van der Waals surface area contributed by atoms with Crippen LogP contribution < -0.4 is 15.2 Å². The quantitative estimate of drug-likeness (QED) is 0.463. The second-order valence-corrected chi connectivity index (χ2v) is 5.78. The van der Waals surface area contributed by atoms with E-state index in [0.717, 1.165) is 0 Å². The van der Waals surface area contributed by atoms with E-state index in [4.69, 9.17) is 44.3 Å². The lowest BCUT2D eigenvalue weighted by Gasteiger charge is -2.13. The van der Waals surface area contributed by atoms with Crippen LogP contribution in [-0.4, -0.2) is 12.1 Å². The highest BCUT2D eigenvalue weighted by molar-refractivity contribution is 7.80. The highest BCUT2D eigenvalue weighted by Crippen LogP contribution is 2.31. The average molecular weight is 377 g/mol. The molecule has 0 spiro atoms. The Kier molecular flexibility index (Phi) is 6.34. The summed E-state index contributed by atoms with van der Waals surface area (Å²) in [5.41, 5.74) is 6.54. The van der Waals surface area contributed by atoms with Gasteiger partial charge in [0, 0.05) is 5.56 Å². The maximum absolute atomic E-state index is 13.9. The van der Waals surface area contributed by atoms with Gasteiger partial charge in [-0.15, -0.1) is 0 Å². The summed E-state index contributed by atoms with van der Waals surface area (Å²) >= 11 is 10.8.